The van der Waals surface area contributed by atoms with Gasteiger partial charge in [-0.2, -0.15) is 0 Å². The minimum absolute atomic E-state index is 0.0171. The zero-order valence-corrected chi connectivity index (χ0v) is 60.8. The van der Waals surface area contributed by atoms with Crippen LogP contribution < -0.4 is 0 Å². The van der Waals surface area contributed by atoms with Crippen molar-refractivity contribution in [3.8, 4) is 0 Å². The van der Waals surface area contributed by atoms with Crippen LogP contribution >= 0.6 is 15.6 Å². The Balaban J connectivity index is 5.49. The molecule has 0 aromatic heterocycles. The SMILES string of the molecule is CC/C=C\C/C=C\C/C=C\C/C=C\C/C=C\CC(=O)OCC(COP(=O)(O)OCC(O)COP(=O)(O)OCC(COC(=O)CCCCCCC/C=C\C/C=C\CCC)OC(=O)CCCCCCC/C=C\C/C=C\CCC)OC(=O)CCCC/C=C\C/C=C\C/C=C\C/C=C\CC. The summed E-state index contributed by atoms with van der Waals surface area (Å²) in [6.07, 6.45) is 77.2. The summed E-state index contributed by atoms with van der Waals surface area (Å²) in [4.78, 5) is 72.6. The van der Waals surface area contributed by atoms with E-state index in [-0.39, 0.29) is 25.7 Å². The number of carbonyl (C=O) groups excluding carboxylic acids is 4. The molecule has 19 heteroatoms. The molecule has 544 valence electrons. The Morgan fingerprint density at radius 1 is 0.312 bits per heavy atom. The van der Waals surface area contributed by atoms with Crippen molar-refractivity contribution in [1.29, 1.82) is 0 Å². The van der Waals surface area contributed by atoms with Crippen molar-refractivity contribution in [3.63, 3.8) is 0 Å². The average Bonchev–Trinajstić information content (AvgIpc) is 1.36. The number of aliphatic hydroxyl groups excluding tert-OH is 1. The Morgan fingerprint density at radius 3 is 0.948 bits per heavy atom. The molecule has 0 aliphatic rings. The highest BCUT2D eigenvalue weighted by molar-refractivity contribution is 7.47. The van der Waals surface area contributed by atoms with Crippen LogP contribution in [-0.2, 0) is 65.4 Å². The molecule has 0 saturated heterocycles. The van der Waals surface area contributed by atoms with Crippen molar-refractivity contribution in [2.24, 2.45) is 0 Å². The first-order chi connectivity index (χ1) is 46.7. The van der Waals surface area contributed by atoms with E-state index in [9.17, 15) is 43.2 Å². The van der Waals surface area contributed by atoms with Crippen LogP contribution in [0.5, 0.6) is 0 Å². The molecule has 0 aliphatic heterocycles. The molecule has 5 atom stereocenters. The number of phosphoric acid groups is 2. The molecule has 0 rings (SSSR count). The number of allylic oxidation sites excluding steroid dienone is 25. The number of hydrogen-bond donors (Lipinski definition) is 3. The molecule has 0 aromatic rings. The molecule has 0 amide bonds. The first-order valence-corrected chi connectivity index (χ1v) is 38.7. The number of esters is 4. The standard InChI is InChI=1S/C77H124O17P2/c1-5-9-13-17-21-25-29-33-35-39-42-46-50-54-58-62-75(80)88-68-73(94-77(82)64-60-56-52-48-44-40-36-34-30-26-22-18-14-10-6-2)70-92-96(85,86)90-66-71(78)65-89-95(83,84)91-69-72(93-76(81)63-59-55-51-47-43-38-32-28-24-20-16-12-8-4)67-87-74(79)61-57-53-49-45-41-37-31-27-23-19-15-11-7-3/h9-10,13-16,19-22,25-28,31-36,42,44,46,48,54,58,71-73,78H,5-8,11-12,17-18,23-24,29-30,37-41,43,45,47,49-53,55-57,59-70H2,1-4H3,(H,83,84)(H,85,86)/b13-9-,14-10-,19-15-,20-16-,25-21-,26-22-,31-27-,32-28-,35-33-,36-34-,46-42-,48-44-,58-54-. The number of hydrogen-bond acceptors (Lipinski definition) is 15. The van der Waals surface area contributed by atoms with Gasteiger partial charge in [-0.15, -0.1) is 0 Å². The third kappa shape index (κ3) is 67.3. The molecule has 0 aliphatic carbocycles. The predicted octanol–water partition coefficient (Wildman–Crippen LogP) is 20.1. The first kappa shape index (κ1) is 90.7. The van der Waals surface area contributed by atoms with Crippen molar-refractivity contribution in [1.82, 2.24) is 0 Å². The van der Waals surface area contributed by atoms with E-state index in [1.165, 1.54) is 0 Å². The summed E-state index contributed by atoms with van der Waals surface area (Å²) >= 11 is 0. The third-order valence-corrected chi connectivity index (χ3v) is 15.9. The molecule has 0 radical (unpaired) electrons. The maximum atomic E-state index is 13.0. The van der Waals surface area contributed by atoms with Gasteiger partial charge in [-0.25, -0.2) is 9.13 Å². The molecule has 0 heterocycles. The number of ether oxygens (including phenoxy) is 4. The van der Waals surface area contributed by atoms with Crippen molar-refractivity contribution in [2.75, 3.05) is 39.6 Å². The van der Waals surface area contributed by atoms with Gasteiger partial charge in [-0.1, -0.05) is 237 Å². The first-order valence-electron chi connectivity index (χ1n) is 35.7. The van der Waals surface area contributed by atoms with Gasteiger partial charge < -0.3 is 33.8 Å². The van der Waals surface area contributed by atoms with E-state index in [1.807, 2.05) is 24.3 Å². The van der Waals surface area contributed by atoms with E-state index < -0.39 is 97.5 Å². The maximum Gasteiger partial charge on any atom is 0.472 e. The van der Waals surface area contributed by atoms with Gasteiger partial charge in [0.05, 0.1) is 32.8 Å². The number of aliphatic hydroxyl groups is 1. The van der Waals surface area contributed by atoms with Crippen LogP contribution in [0.4, 0.5) is 0 Å². The average molecular weight is 1380 g/mol. The molecule has 0 bridgehead atoms. The Kier molecular flexibility index (Phi) is 64.4. The molecular weight excluding hydrogens is 1260 g/mol. The van der Waals surface area contributed by atoms with Crippen molar-refractivity contribution in [2.45, 2.75) is 264 Å². The summed E-state index contributed by atoms with van der Waals surface area (Å²) in [6.45, 7) is 4.27. The Labute approximate surface area is 579 Å². The van der Waals surface area contributed by atoms with Gasteiger partial charge in [0.15, 0.2) is 12.2 Å². The van der Waals surface area contributed by atoms with Crippen molar-refractivity contribution in [3.05, 3.63) is 158 Å². The normalized spacial score (nSPS) is 14.9. The van der Waals surface area contributed by atoms with E-state index in [1.54, 1.807) is 6.08 Å². The van der Waals surface area contributed by atoms with Gasteiger partial charge in [0, 0.05) is 19.3 Å². The van der Waals surface area contributed by atoms with E-state index in [0.29, 0.717) is 32.1 Å². The Morgan fingerprint density at radius 2 is 0.583 bits per heavy atom. The second-order valence-electron chi connectivity index (χ2n) is 23.1. The van der Waals surface area contributed by atoms with Crippen LogP contribution in [0.3, 0.4) is 0 Å². The number of carbonyl (C=O) groups is 4. The largest absolute Gasteiger partial charge is 0.472 e. The Bertz CT molecular complexity index is 2450. The van der Waals surface area contributed by atoms with Crippen LogP contribution in [0.15, 0.2) is 158 Å². The smallest absolute Gasteiger partial charge is 0.462 e. The fourth-order valence-electron chi connectivity index (χ4n) is 8.59. The number of unbranched alkanes of at least 4 members (excludes halogenated alkanes) is 14. The molecule has 96 heavy (non-hydrogen) atoms. The fourth-order valence-corrected chi connectivity index (χ4v) is 10.2. The molecule has 17 nitrogen and oxygen atoms in total. The van der Waals surface area contributed by atoms with Gasteiger partial charge in [0.25, 0.3) is 0 Å². The predicted molar refractivity (Wildman–Crippen MR) is 390 cm³/mol. The van der Waals surface area contributed by atoms with Gasteiger partial charge in [-0.3, -0.25) is 37.3 Å². The fraction of sp³-hybridized carbons (Fsp3) is 0.610. The highest BCUT2D eigenvalue weighted by Gasteiger charge is 2.30. The maximum absolute atomic E-state index is 13.0. The van der Waals surface area contributed by atoms with E-state index >= 15 is 0 Å². The minimum atomic E-state index is -5.01. The molecule has 0 spiro atoms. The van der Waals surface area contributed by atoms with Crippen LogP contribution in [-0.4, -0.2) is 96.7 Å². The molecule has 0 aromatic carbocycles. The van der Waals surface area contributed by atoms with Crippen LogP contribution in [0.25, 0.3) is 0 Å². The quantitative estimate of drug-likeness (QED) is 0.0169. The minimum Gasteiger partial charge on any atom is -0.462 e. The third-order valence-electron chi connectivity index (χ3n) is 14.0. The zero-order valence-electron chi connectivity index (χ0n) is 59.0. The number of phosphoric ester groups is 2. The van der Waals surface area contributed by atoms with Crippen LogP contribution in [0.1, 0.15) is 246 Å². The van der Waals surface area contributed by atoms with Crippen molar-refractivity contribution >= 4 is 39.5 Å². The molecular formula is C77H124O17P2. The lowest BCUT2D eigenvalue weighted by Gasteiger charge is -2.21. The number of rotatable bonds is 65. The lowest BCUT2D eigenvalue weighted by atomic mass is 10.1. The van der Waals surface area contributed by atoms with Crippen molar-refractivity contribution < 1.29 is 80.2 Å². The zero-order chi connectivity index (χ0) is 70.4. The van der Waals surface area contributed by atoms with Gasteiger partial charge in [0.1, 0.15) is 19.3 Å². The van der Waals surface area contributed by atoms with E-state index in [0.717, 1.165) is 161 Å². The summed E-state index contributed by atoms with van der Waals surface area (Å²) in [5.74, 6) is -2.42. The van der Waals surface area contributed by atoms with Gasteiger partial charge in [0.2, 0.25) is 0 Å². The lowest BCUT2D eigenvalue weighted by molar-refractivity contribution is -0.161. The highest BCUT2D eigenvalue weighted by atomic mass is 31.2. The molecule has 5 unspecified atom stereocenters. The summed E-state index contributed by atoms with van der Waals surface area (Å²) in [5.41, 5.74) is 0. The lowest BCUT2D eigenvalue weighted by Crippen LogP contribution is -2.30. The monoisotopic (exact) mass is 1380 g/mol. The van der Waals surface area contributed by atoms with E-state index in [2.05, 4.69) is 155 Å². The van der Waals surface area contributed by atoms with Crippen LogP contribution in [0.2, 0.25) is 0 Å². The van der Waals surface area contributed by atoms with Gasteiger partial charge in [-0.05, 0) is 141 Å². The molecule has 3 N–H and O–H groups in total. The molecule has 0 saturated carbocycles. The topological polar surface area (TPSA) is 237 Å². The van der Waals surface area contributed by atoms with Gasteiger partial charge >= 0.3 is 39.5 Å². The second-order valence-corrected chi connectivity index (χ2v) is 26.0. The summed E-state index contributed by atoms with van der Waals surface area (Å²) < 4.78 is 68.1. The van der Waals surface area contributed by atoms with E-state index in [4.69, 9.17) is 37.0 Å². The Hall–Kier alpha value is -5.32. The highest BCUT2D eigenvalue weighted by Crippen LogP contribution is 2.45. The second kappa shape index (κ2) is 68.2. The summed E-state index contributed by atoms with van der Waals surface area (Å²) in [6, 6.07) is 0. The summed E-state index contributed by atoms with van der Waals surface area (Å²) in [7, 11) is -10.0. The summed E-state index contributed by atoms with van der Waals surface area (Å²) in [5, 5.41) is 10.6. The molecule has 0 fully saturated rings. The van der Waals surface area contributed by atoms with Crippen LogP contribution in [0, 0.1) is 0 Å².